The number of aromatic nitrogens is 3. The van der Waals surface area contributed by atoms with Gasteiger partial charge in [0, 0.05) is 12.2 Å². The maximum absolute atomic E-state index is 12.4. The Kier molecular flexibility index (Phi) is 6.46. The molecule has 0 radical (unpaired) electrons. The standard InChI is InChI=1S/C22H26N6O2/c1-14(2)17-8-10-18(11-9-17)25-19(29)13-28-21(23)20(26-27-28)22(30)24-12-16-6-4-15(3)5-7-16/h4-11,14H,12-13,23H2,1-3H3,(H,24,30)(H,25,29). The van der Waals surface area contributed by atoms with Crippen LogP contribution in [-0.2, 0) is 17.9 Å². The Morgan fingerprint density at radius 1 is 1.07 bits per heavy atom. The number of nitrogens with zero attached hydrogens (tertiary/aromatic N) is 3. The van der Waals surface area contributed by atoms with E-state index < -0.39 is 5.91 Å². The number of nitrogen functional groups attached to an aromatic ring is 1. The Labute approximate surface area is 175 Å². The number of anilines is 2. The van der Waals surface area contributed by atoms with Crippen molar-refractivity contribution < 1.29 is 9.59 Å². The second kappa shape index (κ2) is 9.21. The van der Waals surface area contributed by atoms with Gasteiger partial charge in [-0.1, -0.05) is 61.0 Å². The minimum absolute atomic E-state index is 0.00352. The number of nitrogens with one attached hydrogen (secondary N) is 2. The molecule has 2 aromatic carbocycles. The minimum atomic E-state index is -0.441. The lowest BCUT2D eigenvalue weighted by Gasteiger charge is -2.09. The molecule has 0 aliphatic heterocycles. The van der Waals surface area contributed by atoms with E-state index in [0.29, 0.717) is 18.2 Å². The van der Waals surface area contributed by atoms with E-state index in [1.807, 2.05) is 55.5 Å². The van der Waals surface area contributed by atoms with Crippen molar-refractivity contribution in [1.29, 1.82) is 0 Å². The van der Waals surface area contributed by atoms with Crippen LogP contribution in [-0.4, -0.2) is 26.8 Å². The zero-order valence-electron chi connectivity index (χ0n) is 17.3. The summed E-state index contributed by atoms with van der Waals surface area (Å²) in [6.07, 6.45) is 0. The monoisotopic (exact) mass is 406 g/mol. The van der Waals surface area contributed by atoms with E-state index in [-0.39, 0.29) is 24.0 Å². The fraction of sp³-hybridized carbons (Fsp3) is 0.273. The van der Waals surface area contributed by atoms with Crippen LogP contribution in [0.25, 0.3) is 0 Å². The van der Waals surface area contributed by atoms with Gasteiger partial charge in [-0.3, -0.25) is 9.59 Å². The van der Waals surface area contributed by atoms with Crippen LogP contribution < -0.4 is 16.4 Å². The molecule has 0 spiro atoms. The number of hydrogen-bond acceptors (Lipinski definition) is 5. The molecule has 0 unspecified atom stereocenters. The van der Waals surface area contributed by atoms with E-state index in [0.717, 1.165) is 11.1 Å². The first-order chi connectivity index (χ1) is 14.3. The molecule has 156 valence electrons. The number of benzene rings is 2. The van der Waals surface area contributed by atoms with E-state index in [1.54, 1.807) is 0 Å². The lowest BCUT2D eigenvalue weighted by atomic mass is 10.0. The number of nitrogens with two attached hydrogens (primary N) is 1. The zero-order valence-corrected chi connectivity index (χ0v) is 17.3. The van der Waals surface area contributed by atoms with Crippen LogP contribution in [0, 0.1) is 6.92 Å². The molecule has 2 amide bonds. The minimum Gasteiger partial charge on any atom is -0.382 e. The molecule has 30 heavy (non-hydrogen) atoms. The predicted molar refractivity (Wildman–Crippen MR) is 116 cm³/mol. The van der Waals surface area contributed by atoms with Gasteiger partial charge in [0.05, 0.1) is 0 Å². The normalized spacial score (nSPS) is 10.8. The van der Waals surface area contributed by atoms with Crippen molar-refractivity contribution >= 4 is 23.3 Å². The highest BCUT2D eigenvalue weighted by atomic mass is 16.2. The maximum atomic E-state index is 12.4. The van der Waals surface area contributed by atoms with Crippen molar-refractivity contribution in [1.82, 2.24) is 20.3 Å². The fourth-order valence-electron chi connectivity index (χ4n) is 2.86. The van der Waals surface area contributed by atoms with Crippen molar-refractivity contribution in [2.45, 2.75) is 39.8 Å². The third-order valence-electron chi connectivity index (χ3n) is 4.72. The summed E-state index contributed by atoms with van der Waals surface area (Å²) < 4.78 is 1.21. The molecule has 0 aliphatic carbocycles. The molecular formula is C22H26N6O2. The second-order valence-corrected chi connectivity index (χ2v) is 7.47. The van der Waals surface area contributed by atoms with Gasteiger partial charge in [-0.05, 0) is 36.1 Å². The van der Waals surface area contributed by atoms with Gasteiger partial charge in [0.15, 0.2) is 11.5 Å². The molecule has 8 nitrogen and oxygen atoms in total. The van der Waals surface area contributed by atoms with Crippen LogP contribution in [0.5, 0.6) is 0 Å². The van der Waals surface area contributed by atoms with Gasteiger partial charge in [-0.25, -0.2) is 4.68 Å². The molecule has 4 N–H and O–H groups in total. The summed E-state index contributed by atoms with van der Waals surface area (Å²) >= 11 is 0. The van der Waals surface area contributed by atoms with Crippen LogP contribution in [0.1, 0.15) is 46.9 Å². The SMILES string of the molecule is Cc1ccc(CNC(=O)c2nnn(CC(=O)Nc3ccc(C(C)C)cc3)c2N)cc1. The molecule has 0 aliphatic rings. The number of aryl methyl sites for hydroxylation is 1. The third-order valence-corrected chi connectivity index (χ3v) is 4.72. The van der Waals surface area contributed by atoms with E-state index in [2.05, 4.69) is 34.8 Å². The molecule has 0 atom stereocenters. The van der Waals surface area contributed by atoms with Crippen LogP contribution in [0.3, 0.4) is 0 Å². The van der Waals surface area contributed by atoms with Crippen molar-refractivity contribution in [3.05, 3.63) is 70.9 Å². The first-order valence-corrected chi connectivity index (χ1v) is 9.76. The van der Waals surface area contributed by atoms with Gasteiger partial charge in [0.2, 0.25) is 5.91 Å². The van der Waals surface area contributed by atoms with Crippen LogP contribution >= 0.6 is 0 Å². The molecule has 8 heteroatoms. The average molecular weight is 406 g/mol. The van der Waals surface area contributed by atoms with E-state index in [4.69, 9.17) is 5.73 Å². The summed E-state index contributed by atoms with van der Waals surface area (Å²) in [5.74, 6) is -0.290. The third kappa shape index (κ3) is 5.22. The van der Waals surface area contributed by atoms with Crippen molar-refractivity contribution in [3.8, 4) is 0 Å². The first-order valence-electron chi connectivity index (χ1n) is 9.76. The Morgan fingerprint density at radius 3 is 2.37 bits per heavy atom. The Balaban J connectivity index is 1.57. The quantitative estimate of drug-likeness (QED) is 0.558. The van der Waals surface area contributed by atoms with Crippen LogP contribution in [0.2, 0.25) is 0 Å². The summed E-state index contributed by atoms with van der Waals surface area (Å²) in [4.78, 5) is 24.7. The average Bonchev–Trinajstić information content (AvgIpc) is 3.08. The molecule has 3 rings (SSSR count). The number of carbonyl (C=O) groups is 2. The van der Waals surface area contributed by atoms with Gasteiger partial charge in [0.1, 0.15) is 6.54 Å². The summed E-state index contributed by atoms with van der Waals surface area (Å²) in [7, 11) is 0. The summed E-state index contributed by atoms with van der Waals surface area (Å²) in [5, 5.41) is 13.2. The Hall–Kier alpha value is -3.68. The molecule has 0 saturated heterocycles. The lowest BCUT2D eigenvalue weighted by molar-refractivity contribution is -0.116. The number of hydrogen-bond donors (Lipinski definition) is 3. The van der Waals surface area contributed by atoms with Gasteiger partial charge >= 0.3 is 0 Å². The topological polar surface area (TPSA) is 115 Å². The Bertz CT molecular complexity index is 1020. The highest BCUT2D eigenvalue weighted by molar-refractivity contribution is 5.96. The van der Waals surface area contributed by atoms with Gasteiger partial charge < -0.3 is 16.4 Å². The molecule has 1 heterocycles. The van der Waals surface area contributed by atoms with Crippen molar-refractivity contribution in [2.24, 2.45) is 0 Å². The van der Waals surface area contributed by atoms with Gasteiger partial charge in [0.25, 0.3) is 5.91 Å². The fourth-order valence-corrected chi connectivity index (χ4v) is 2.86. The van der Waals surface area contributed by atoms with Crippen molar-refractivity contribution in [2.75, 3.05) is 11.1 Å². The van der Waals surface area contributed by atoms with Gasteiger partial charge in [-0.2, -0.15) is 0 Å². The summed E-state index contributed by atoms with van der Waals surface area (Å²) in [6.45, 7) is 6.41. The molecule has 1 aromatic heterocycles. The predicted octanol–water partition coefficient (Wildman–Crippen LogP) is 2.86. The van der Waals surface area contributed by atoms with E-state index in [1.165, 1.54) is 10.2 Å². The zero-order chi connectivity index (χ0) is 21.7. The van der Waals surface area contributed by atoms with E-state index in [9.17, 15) is 9.59 Å². The Morgan fingerprint density at radius 2 is 1.73 bits per heavy atom. The van der Waals surface area contributed by atoms with Gasteiger partial charge in [-0.15, -0.1) is 5.10 Å². The molecular weight excluding hydrogens is 380 g/mol. The summed E-state index contributed by atoms with van der Waals surface area (Å²) in [5.41, 5.74) is 9.96. The molecule has 3 aromatic rings. The second-order valence-electron chi connectivity index (χ2n) is 7.47. The number of amides is 2. The molecule has 0 fully saturated rings. The highest BCUT2D eigenvalue weighted by Crippen LogP contribution is 2.17. The molecule has 0 bridgehead atoms. The number of carbonyl (C=O) groups excluding carboxylic acids is 2. The number of rotatable bonds is 7. The smallest absolute Gasteiger partial charge is 0.275 e. The molecule has 0 saturated carbocycles. The maximum Gasteiger partial charge on any atom is 0.275 e. The first kappa shape index (κ1) is 21.0. The largest absolute Gasteiger partial charge is 0.382 e. The lowest BCUT2D eigenvalue weighted by Crippen LogP contribution is -2.25. The van der Waals surface area contributed by atoms with Crippen molar-refractivity contribution in [3.63, 3.8) is 0 Å². The highest BCUT2D eigenvalue weighted by Gasteiger charge is 2.18. The van der Waals surface area contributed by atoms with Crippen LogP contribution in [0.4, 0.5) is 11.5 Å². The van der Waals surface area contributed by atoms with Crippen LogP contribution in [0.15, 0.2) is 48.5 Å². The summed E-state index contributed by atoms with van der Waals surface area (Å²) in [6, 6.07) is 15.5. The van der Waals surface area contributed by atoms with E-state index >= 15 is 0 Å².